The van der Waals surface area contributed by atoms with Gasteiger partial charge in [-0.15, -0.1) is 0 Å². The second-order valence-electron chi connectivity index (χ2n) is 6.29. The van der Waals surface area contributed by atoms with Gasteiger partial charge in [0.1, 0.15) is 12.4 Å². The van der Waals surface area contributed by atoms with Crippen molar-refractivity contribution in [2.75, 3.05) is 12.4 Å². The number of ether oxygens (including phenoxy) is 2. The van der Waals surface area contributed by atoms with E-state index in [9.17, 15) is 4.39 Å². The Kier molecular flexibility index (Phi) is 6.65. The van der Waals surface area contributed by atoms with Crippen LogP contribution in [0.15, 0.2) is 54.6 Å². The summed E-state index contributed by atoms with van der Waals surface area (Å²) in [7, 11) is 1.56. The van der Waals surface area contributed by atoms with Gasteiger partial charge in [0.25, 0.3) is 0 Å². The molecule has 0 aliphatic rings. The fourth-order valence-corrected chi connectivity index (χ4v) is 3.21. The van der Waals surface area contributed by atoms with Crippen molar-refractivity contribution in [1.29, 1.82) is 0 Å². The van der Waals surface area contributed by atoms with Crippen molar-refractivity contribution in [1.82, 2.24) is 0 Å². The van der Waals surface area contributed by atoms with E-state index >= 15 is 0 Å². The molecular formula is C22H20Cl2FNO2. The van der Waals surface area contributed by atoms with E-state index < -0.39 is 0 Å². The van der Waals surface area contributed by atoms with Crippen LogP contribution in [-0.4, -0.2) is 7.11 Å². The number of methoxy groups -OCH3 is 1. The SMILES string of the molecule is COc1cc(CNc2cccc(Cl)c2C)cc(Cl)c1OCc1ccc(F)cc1. The Morgan fingerprint density at radius 1 is 0.964 bits per heavy atom. The molecule has 0 aliphatic heterocycles. The van der Waals surface area contributed by atoms with Crippen LogP contribution in [-0.2, 0) is 13.2 Å². The number of nitrogens with one attached hydrogen (secondary N) is 1. The maximum absolute atomic E-state index is 13.0. The molecule has 0 aromatic heterocycles. The monoisotopic (exact) mass is 419 g/mol. The molecule has 0 saturated heterocycles. The number of halogens is 3. The van der Waals surface area contributed by atoms with Gasteiger partial charge in [-0.2, -0.15) is 0 Å². The van der Waals surface area contributed by atoms with E-state index in [1.165, 1.54) is 12.1 Å². The summed E-state index contributed by atoms with van der Waals surface area (Å²) < 4.78 is 24.3. The summed E-state index contributed by atoms with van der Waals surface area (Å²) in [5.41, 5.74) is 3.72. The third-order valence-corrected chi connectivity index (χ3v) is 5.03. The molecule has 0 aliphatic carbocycles. The molecule has 0 unspecified atom stereocenters. The normalized spacial score (nSPS) is 10.6. The molecule has 6 heteroatoms. The van der Waals surface area contributed by atoms with E-state index in [2.05, 4.69) is 5.32 Å². The van der Waals surface area contributed by atoms with Crippen molar-refractivity contribution in [2.45, 2.75) is 20.1 Å². The van der Waals surface area contributed by atoms with Gasteiger partial charge >= 0.3 is 0 Å². The molecule has 3 rings (SSSR count). The van der Waals surface area contributed by atoms with Crippen molar-refractivity contribution < 1.29 is 13.9 Å². The van der Waals surface area contributed by atoms with Crippen LogP contribution in [0.3, 0.4) is 0 Å². The number of anilines is 1. The third-order valence-electron chi connectivity index (χ3n) is 4.34. The molecule has 0 saturated carbocycles. The molecule has 146 valence electrons. The summed E-state index contributed by atoms with van der Waals surface area (Å²) in [5.74, 6) is 0.705. The second-order valence-corrected chi connectivity index (χ2v) is 7.10. The van der Waals surface area contributed by atoms with Crippen LogP contribution in [0.2, 0.25) is 10.0 Å². The molecule has 3 aromatic carbocycles. The summed E-state index contributed by atoms with van der Waals surface area (Å²) >= 11 is 12.6. The van der Waals surface area contributed by atoms with Crippen molar-refractivity contribution in [3.05, 3.63) is 87.2 Å². The zero-order valence-corrected chi connectivity index (χ0v) is 17.1. The van der Waals surface area contributed by atoms with Gasteiger partial charge in [-0.3, -0.25) is 0 Å². The highest BCUT2D eigenvalue weighted by atomic mass is 35.5. The summed E-state index contributed by atoms with van der Waals surface area (Å²) in [6.45, 7) is 2.77. The average molecular weight is 420 g/mol. The molecule has 0 bridgehead atoms. The lowest BCUT2D eigenvalue weighted by Gasteiger charge is -2.16. The Balaban J connectivity index is 1.73. The Bertz CT molecular complexity index is 961. The minimum atomic E-state index is -0.286. The molecule has 0 spiro atoms. The third kappa shape index (κ3) is 4.89. The smallest absolute Gasteiger partial charge is 0.180 e. The van der Waals surface area contributed by atoms with E-state index in [1.807, 2.05) is 37.3 Å². The van der Waals surface area contributed by atoms with Crippen LogP contribution in [0.1, 0.15) is 16.7 Å². The summed E-state index contributed by atoms with van der Waals surface area (Å²) in [5, 5.41) is 4.51. The van der Waals surface area contributed by atoms with E-state index in [0.29, 0.717) is 28.1 Å². The Hall–Kier alpha value is -2.43. The average Bonchev–Trinajstić information content (AvgIpc) is 2.69. The van der Waals surface area contributed by atoms with Gasteiger partial charge in [-0.25, -0.2) is 4.39 Å². The first-order chi connectivity index (χ1) is 13.5. The maximum atomic E-state index is 13.0. The number of rotatable bonds is 7. The van der Waals surface area contributed by atoms with E-state index in [-0.39, 0.29) is 12.4 Å². The maximum Gasteiger partial charge on any atom is 0.180 e. The fourth-order valence-electron chi connectivity index (χ4n) is 2.75. The van der Waals surface area contributed by atoms with Crippen LogP contribution in [0.25, 0.3) is 0 Å². The highest BCUT2D eigenvalue weighted by molar-refractivity contribution is 6.32. The zero-order chi connectivity index (χ0) is 20.1. The first-order valence-corrected chi connectivity index (χ1v) is 9.46. The van der Waals surface area contributed by atoms with E-state index in [0.717, 1.165) is 22.4 Å². The van der Waals surface area contributed by atoms with Crippen LogP contribution in [0, 0.1) is 12.7 Å². The molecule has 1 N–H and O–H groups in total. The first kappa shape index (κ1) is 20.3. The van der Waals surface area contributed by atoms with Crippen molar-refractivity contribution in [3.63, 3.8) is 0 Å². The van der Waals surface area contributed by atoms with Crippen LogP contribution >= 0.6 is 23.2 Å². The lowest BCUT2D eigenvalue weighted by Crippen LogP contribution is -2.03. The van der Waals surface area contributed by atoms with Gasteiger partial charge < -0.3 is 14.8 Å². The van der Waals surface area contributed by atoms with Gasteiger partial charge in [0, 0.05) is 17.3 Å². The standard InChI is InChI=1S/C22H20Cl2FNO2/c1-14-18(23)4-3-5-20(14)26-12-16-10-19(24)22(21(11-16)27-2)28-13-15-6-8-17(25)9-7-15/h3-11,26H,12-13H2,1-2H3. The van der Waals surface area contributed by atoms with Crippen LogP contribution in [0.5, 0.6) is 11.5 Å². The molecule has 3 nitrogen and oxygen atoms in total. The minimum absolute atomic E-state index is 0.260. The highest BCUT2D eigenvalue weighted by Gasteiger charge is 2.13. The Morgan fingerprint density at radius 2 is 1.71 bits per heavy atom. The van der Waals surface area contributed by atoms with Crippen molar-refractivity contribution in [2.24, 2.45) is 0 Å². The van der Waals surface area contributed by atoms with Gasteiger partial charge in [-0.1, -0.05) is 41.4 Å². The van der Waals surface area contributed by atoms with Crippen LogP contribution < -0.4 is 14.8 Å². The second kappa shape index (κ2) is 9.18. The van der Waals surface area contributed by atoms with E-state index in [1.54, 1.807) is 19.2 Å². The van der Waals surface area contributed by atoms with Crippen molar-refractivity contribution in [3.8, 4) is 11.5 Å². The minimum Gasteiger partial charge on any atom is -0.493 e. The van der Waals surface area contributed by atoms with Crippen molar-refractivity contribution >= 4 is 28.9 Å². The number of hydrogen-bond donors (Lipinski definition) is 1. The van der Waals surface area contributed by atoms with Gasteiger partial charge in [-0.05, 0) is 60.0 Å². The number of hydrogen-bond acceptors (Lipinski definition) is 3. The highest BCUT2D eigenvalue weighted by Crippen LogP contribution is 2.37. The fraction of sp³-hybridized carbons (Fsp3) is 0.182. The number of benzene rings is 3. The lowest BCUT2D eigenvalue weighted by molar-refractivity contribution is 0.284. The van der Waals surface area contributed by atoms with Crippen LogP contribution in [0.4, 0.5) is 10.1 Å². The lowest BCUT2D eigenvalue weighted by atomic mass is 10.1. The van der Waals surface area contributed by atoms with Gasteiger partial charge in [0.15, 0.2) is 11.5 Å². The predicted octanol–water partition coefficient (Wildman–Crippen LogP) is 6.64. The summed E-state index contributed by atoms with van der Waals surface area (Å²) in [6, 6.07) is 15.6. The van der Waals surface area contributed by atoms with Gasteiger partial charge in [0.05, 0.1) is 12.1 Å². The molecule has 0 atom stereocenters. The summed E-state index contributed by atoms with van der Waals surface area (Å²) in [6.07, 6.45) is 0. The predicted molar refractivity (Wildman–Crippen MR) is 112 cm³/mol. The molecule has 0 heterocycles. The molecule has 3 aromatic rings. The molecule has 0 fully saturated rings. The summed E-state index contributed by atoms with van der Waals surface area (Å²) in [4.78, 5) is 0. The molecule has 0 amide bonds. The quantitative estimate of drug-likeness (QED) is 0.465. The Morgan fingerprint density at radius 3 is 2.43 bits per heavy atom. The topological polar surface area (TPSA) is 30.5 Å². The largest absolute Gasteiger partial charge is 0.493 e. The van der Waals surface area contributed by atoms with Gasteiger partial charge in [0.2, 0.25) is 0 Å². The van der Waals surface area contributed by atoms with E-state index in [4.69, 9.17) is 32.7 Å². The molecular weight excluding hydrogens is 400 g/mol. The Labute approximate surface area is 174 Å². The molecule has 0 radical (unpaired) electrons. The zero-order valence-electron chi connectivity index (χ0n) is 15.6. The molecule has 28 heavy (non-hydrogen) atoms. The first-order valence-electron chi connectivity index (χ1n) is 8.70.